The van der Waals surface area contributed by atoms with Gasteiger partial charge in [0.25, 0.3) is 11.8 Å². The molecule has 190 valence electrons. The fraction of sp³-hybridized carbons (Fsp3) is 0.400. The maximum atomic E-state index is 13.9. The van der Waals surface area contributed by atoms with Crippen LogP contribution in [-0.2, 0) is 4.79 Å². The Morgan fingerprint density at radius 1 is 1.23 bits per heavy atom. The van der Waals surface area contributed by atoms with E-state index in [0.717, 1.165) is 12.6 Å². The number of amides is 2. The number of hydrogen-bond donors (Lipinski definition) is 1. The van der Waals surface area contributed by atoms with Gasteiger partial charge in [-0.05, 0) is 51.6 Å². The molecule has 0 fully saturated rings. The number of rotatable bonds is 6. The lowest BCUT2D eigenvalue weighted by Crippen LogP contribution is -2.59. The highest BCUT2D eigenvalue weighted by Crippen LogP contribution is 2.22. The van der Waals surface area contributed by atoms with E-state index in [1.54, 1.807) is 48.2 Å². The lowest BCUT2D eigenvalue weighted by Gasteiger charge is -2.41. The minimum Gasteiger partial charge on any atom is -0.352 e. The molecule has 1 unspecified atom stereocenters. The van der Waals surface area contributed by atoms with Gasteiger partial charge in [0.05, 0.1) is 11.9 Å². The predicted octanol–water partition coefficient (Wildman–Crippen LogP) is 4.72. The van der Waals surface area contributed by atoms with E-state index in [1.165, 1.54) is 12.3 Å². The normalized spacial score (nSPS) is 16.2. The topological polar surface area (TPSA) is 68.8 Å². The minimum atomic E-state index is -0.446. The van der Waals surface area contributed by atoms with Crippen LogP contribution in [0.5, 0.6) is 0 Å². The summed E-state index contributed by atoms with van der Waals surface area (Å²) in [6.45, 7) is 6.74. The van der Waals surface area contributed by atoms with Crippen molar-refractivity contribution in [3.8, 4) is 0 Å². The van der Waals surface area contributed by atoms with E-state index in [-0.39, 0.29) is 18.1 Å². The van der Waals surface area contributed by atoms with Gasteiger partial charge in [0, 0.05) is 60.1 Å². The van der Waals surface area contributed by atoms with Gasteiger partial charge in [-0.1, -0.05) is 30.1 Å². The second-order valence-corrected chi connectivity index (χ2v) is 9.15. The molecule has 2 amide bonds. The minimum absolute atomic E-state index is 0.0723. The Balaban J connectivity index is 0.000000269. The number of aromatic nitrogens is 1. The summed E-state index contributed by atoms with van der Waals surface area (Å²) >= 11 is 11.6. The van der Waals surface area contributed by atoms with E-state index in [1.807, 2.05) is 14.0 Å². The molecule has 2 atom stereocenters. The highest BCUT2D eigenvalue weighted by atomic mass is 35.5. The molecule has 0 bridgehead atoms. The van der Waals surface area contributed by atoms with Crippen molar-refractivity contribution in [3.63, 3.8) is 0 Å². The molecule has 0 saturated heterocycles. The van der Waals surface area contributed by atoms with Crippen LogP contribution in [0.4, 0.5) is 4.39 Å². The van der Waals surface area contributed by atoms with Crippen molar-refractivity contribution in [2.24, 2.45) is 0 Å². The largest absolute Gasteiger partial charge is 0.352 e. The van der Waals surface area contributed by atoms with Gasteiger partial charge in [-0.3, -0.25) is 19.5 Å². The van der Waals surface area contributed by atoms with Crippen molar-refractivity contribution in [1.29, 1.82) is 0 Å². The van der Waals surface area contributed by atoms with Crippen molar-refractivity contribution in [2.75, 3.05) is 27.7 Å². The Bertz CT molecular complexity index is 1060. The number of pyridine rings is 1. The van der Waals surface area contributed by atoms with E-state index in [9.17, 15) is 14.0 Å². The molecule has 0 radical (unpaired) electrons. The van der Waals surface area contributed by atoms with Crippen LogP contribution in [0.1, 0.15) is 43.1 Å². The van der Waals surface area contributed by atoms with Crippen molar-refractivity contribution in [2.45, 2.75) is 39.5 Å². The Morgan fingerprint density at radius 2 is 1.86 bits per heavy atom. The van der Waals surface area contributed by atoms with E-state index < -0.39 is 5.82 Å². The summed E-state index contributed by atoms with van der Waals surface area (Å²) in [5.41, 5.74) is 1.36. The summed E-state index contributed by atoms with van der Waals surface area (Å²) < 4.78 is 13.9. The zero-order chi connectivity index (χ0) is 26.3. The SMILES string of the molecule is CCN(C)C(=O)c1cc(Cl)cc(Cl)c1.CC[C@H](C)N(C)C1NC(c2ccncc2F)=CC(=O)N1C. The van der Waals surface area contributed by atoms with Crippen LogP contribution in [0.15, 0.2) is 42.7 Å². The van der Waals surface area contributed by atoms with Crippen LogP contribution in [0.3, 0.4) is 0 Å². The van der Waals surface area contributed by atoms with Gasteiger partial charge in [-0.15, -0.1) is 0 Å². The highest BCUT2D eigenvalue weighted by Gasteiger charge is 2.30. The van der Waals surface area contributed by atoms with Gasteiger partial charge in [-0.25, -0.2) is 4.39 Å². The van der Waals surface area contributed by atoms with Crippen LogP contribution in [0, 0.1) is 5.82 Å². The molecule has 1 aliphatic heterocycles. The summed E-state index contributed by atoms with van der Waals surface area (Å²) in [7, 11) is 5.41. The first-order valence-corrected chi connectivity index (χ1v) is 12.0. The Labute approximate surface area is 216 Å². The van der Waals surface area contributed by atoms with Crippen molar-refractivity contribution in [3.05, 3.63) is 69.7 Å². The molecule has 0 aliphatic carbocycles. The molecule has 1 aliphatic rings. The first-order valence-electron chi connectivity index (χ1n) is 11.3. The molecule has 1 aromatic carbocycles. The first kappa shape index (κ1) is 28.6. The average Bonchev–Trinajstić information content (AvgIpc) is 2.83. The van der Waals surface area contributed by atoms with Crippen LogP contribution in [-0.4, -0.2) is 71.5 Å². The monoisotopic (exact) mass is 523 g/mol. The van der Waals surface area contributed by atoms with Crippen LogP contribution in [0.2, 0.25) is 10.0 Å². The van der Waals surface area contributed by atoms with Crippen LogP contribution >= 0.6 is 23.2 Å². The lowest BCUT2D eigenvalue weighted by atomic mass is 10.1. The molecule has 0 spiro atoms. The molecule has 2 heterocycles. The standard InChI is InChI=1S/C15H21FN4O.C10H11Cl2NO/c1-5-10(2)19(3)15-18-13(8-14(21)20(15)4)11-6-7-17-9-12(11)16;1-3-13(2)10(14)7-4-8(11)6-9(12)5-7/h6-10,15,18H,5H2,1-4H3;4-6H,3H2,1-2H3/t10-,15?;/m0./s1. The van der Waals surface area contributed by atoms with Crippen molar-refractivity contribution in [1.82, 2.24) is 25.0 Å². The average molecular weight is 524 g/mol. The molecule has 1 N–H and O–H groups in total. The van der Waals surface area contributed by atoms with Crippen LogP contribution in [0.25, 0.3) is 5.70 Å². The fourth-order valence-electron chi connectivity index (χ4n) is 3.32. The second-order valence-electron chi connectivity index (χ2n) is 8.28. The number of halogens is 3. The molecule has 1 aromatic heterocycles. The zero-order valence-electron chi connectivity index (χ0n) is 20.8. The summed E-state index contributed by atoms with van der Waals surface area (Å²) in [6.07, 6.45) is 4.73. The van der Waals surface area contributed by atoms with E-state index >= 15 is 0 Å². The number of likely N-dealkylation sites (N-methyl/N-ethyl adjacent to an activating group) is 1. The molecule has 2 aromatic rings. The first-order chi connectivity index (χ1) is 16.5. The van der Waals surface area contributed by atoms with Crippen molar-refractivity contribution >= 4 is 40.7 Å². The third-order valence-electron chi connectivity index (χ3n) is 5.93. The smallest absolute Gasteiger partial charge is 0.253 e. The highest BCUT2D eigenvalue weighted by molar-refractivity contribution is 6.35. The van der Waals surface area contributed by atoms with Gasteiger partial charge in [-0.2, -0.15) is 0 Å². The second kappa shape index (κ2) is 12.9. The number of hydrogen-bond acceptors (Lipinski definition) is 5. The number of carbonyl (C=O) groups excluding carboxylic acids is 2. The summed E-state index contributed by atoms with van der Waals surface area (Å²) in [5, 5.41) is 4.18. The van der Waals surface area contributed by atoms with Gasteiger partial charge in [0.15, 0.2) is 12.1 Å². The summed E-state index contributed by atoms with van der Waals surface area (Å²) in [4.78, 5) is 32.8. The van der Waals surface area contributed by atoms with E-state index in [2.05, 4.69) is 29.0 Å². The molecular formula is C25H32Cl2FN5O2. The fourth-order valence-corrected chi connectivity index (χ4v) is 3.84. The third-order valence-corrected chi connectivity index (χ3v) is 6.37. The summed E-state index contributed by atoms with van der Waals surface area (Å²) in [5.74, 6) is -0.671. The predicted molar refractivity (Wildman–Crippen MR) is 138 cm³/mol. The molecule has 7 nitrogen and oxygen atoms in total. The Kier molecular flexibility index (Phi) is 10.5. The zero-order valence-corrected chi connectivity index (χ0v) is 22.4. The van der Waals surface area contributed by atoms with Gasteiger partial charge >= 0.3 is 0 Å². The maximum absolute atomic E-state index is 13.9. The van der Waals surface area contributed by atoms with E-state index in [4.69, 9.17) is 23.2 Å². The number of benzene rings is 1. The number of nitrogens with one attached hydrogen (secondary N) is 1. The van der Waals surface area contributed by atoms with Crippen LogP contribution < -0.4 is 5.32 Å². The number of nitrogens with zero attached hydrogens (tertiary/aromatic N) is 4. The summed E-state index contributed by atoms with van der Waals surface area (Å²) in [6, 6.07) is 6.68. The van der Waals surface area contributed by atoms with E-state index in [0.29, 0.717) is 39.5 Å². The molecular weight excluding hydrogens is 492 g/mol. The quantitative estimate of drug-likeness (QED) is 0.593. The van der Waals surface area contributed by atoms with Crippen molar-refractivity contribution < 1.29 is 14.0 Å². The molecule has 0 saturated carbocycles. The maximum Gasteiger partial charge on any atom is 0.253 e. The van der Waals surface area contributed by atoms with Gasteiger partial charge < -0.3 is 15.1 Å². The molecule has 35 heavy (non-hydrogen) atoms. The number of carbonyl (C=O) groups is 2. The Hall–Kier alpha value is -2.68. The third kappa shape index (κ3) is 7.40. The Morgan fingerprint density at radius 3 is 2.40 bits per heavy atom. The lowest BCUT2D eigenvalue weighted by molar-refractivity contribution is -0.132. The van der Waals surface area contributed by atoms with Gasteiger partial charge in [0.2, 0.25) is 0 Å². The molecule has 10 heteroatoms. The van der Waals surface area contributed by atoms with Gasteiger partial charge in [0.1, 0.15) is 0 Å². The molecule has 3 rings (SSSR count).